The summed E-state index contributed by atoms with van der Waals surface area (Å²) in [6.07, 6.45) is -4.71. The molecule has 96 valence electrons. The third-order valence-corrected chi connectivity index (χ3v) is 2.59. The number of H-pyrrole nitrogens is 1. The average molecular weight is 280 g/mol. The van der Waals surface area contributed by atoms with Crippen molar-refractivity contribution in [3.8, 4) is 11.1 Å². The van der Waals surface area contributed by atoms with E-state index in [9.17, 15) is 17.6 Å². The summed E-state index contributed by atoms with van der Waals surface area (Å²) in [5.41, 5.74) is 3.24. The normalized spacial score (nSPS) is 11.8. The van der Waals surface area contributed by atoms with Crippen LogP contribution in [-0.2, 0) is 6.18 Å². The molecule has 8 heteroatoms. The van der Waals surface area contributed by atoms with E-state index in [1.807, 2.05) is 0 Å². The molecule has 0 amide bonds. The van der Waals surface area contributed by atoms with Gasteiger partial charge >= 0.3 is 6.18 Å². The van der Waals surface area contributed by atoms with Crippen LogP contribution in [0.1, 0.15) is 5.69 Å². The van der Waals surface area contributed by atoms with E-state index < -0.39 is 29.1 Å². The number of alkyl halides is 3. The maximum Gasteiger partial charge on any atom is 0.433 e. The monoisotopic (exact) mass is 279 g/mol. The third-order valence-electron chi connectivity index (χ3n) is 2.30. The molecule has 0 aliphatic rings. The van der Waals surface area contributed by atoms with Gasteiger partial charge in [0.25, 0.3) is 0 Å². The van der Waals surface area contributed by atoms with Crippen LogP contribution in [0.15, 0.2) is 18.2 Å². The Morgan fingerprint density at radius 2 is 1.94 bits per heavy atom. The Labute approximate surface area is 104 Å². The molecular weight excluding hydrogens is 274 g/mol. The number of benzene rings is 1. The zero-order valence-electron chi connectivity index (χ0n) is 8.65. The van der Waals surface area contributed by atoms with Crippen molar-refractivity contribution in [3.63, 3.8) is 0 Å². The minimum atomic E-state index is -4.71. The smallest absolute Gasteiger partial charge is 0.382 e. The molecule has 0 unspecified atom stereocenters. The lowest BCUT2D eigenvalue weighted by Crippen LogP contribution is -2.08. The standard InChI is InChI=1S/C10H6ClF4N3/c11-5-3-1-2-4(7(5)12)6-8(10(13,14)15)17-18-9(6)16/h1-3H,(H3,16,17,18). The second-order valence-electron chi connectivity index (χ2n) is 3.46. The molecule has 18 heavy (non-hydrogen) atoms. The number of nitrogens with two attached hydrogens (primary N) is 1. The molecule has 3 nitrogen and oxygen atoms in total. The number of hydrogen-bond acceptors (Lipinski definition) is 2. The molecule has 0 radical (unpaired) electrons. The van der Waals surface area contributed by atoms with Gasteiger partial charge in [0, 0.05) is 5.56 Å². The summed E-state index contributed by atoms with van der Waals surface area (Å²) in [6.45, 7) is 0. The maximum absolute atomic E-state index is 13.7. The van der Waals surface area contributed by atoms with Gasteiger partial charge in [0.15, 0.2) is 5.82 Å². The summed E-state index contributed by atoms with van der Waals surface area (Å²) in [5.74, 6) is -1.42. The minimum absolute atomic E-state index is 0.291. The SMILES string of the molecule is Nc1n[nH]c(C(F)(F)F)c1-c1cccc(Cl)c1F. The van der Waals surface area contributed by atoms with Gasteiger partial charge in [0.05, 0.1) is 10.6 Å². The number of rotatable bonds is 1. The van der Waals surface area contributed by atoms with Crippen molar-refractivity contribution in [2.75, 3.05) is 5.73 Å². The van der Waals surface area contributed by atoms with E-state index in [1.165, 1.54) is 12.1 Å². The number of nitrogen functional groups attached to an aromatic ring is 1. The van der Waals surface area contributed by atoms with Crippen molar-refractivity contribution in [2.24, 2.45) is 0 Å². The van der Waals surface area contributed by atoms with Gasteiger partial charge in [0.1, 0.15) is 11.5 Å². The van der Waals surface area contributed by atoms with Crippen LogP contribution in [0.3, 0.4) is 0 Å². The zero-order valence-corrected chi connectivity index (χ0v) is 9.40. The van der Waals surface area contributed by atoms with Crippen LogP contribution < -0.4 is 5.73 Å². The van der Waals surface area contributed by atoms with Crippen molar-refractivity contribution < 1.29 is 17.6 Å². The molecule has 0 saturated heterocycles. The molecule has 1 aromatic heterocycles. The van der Waals surface area contributed by atoms with Crippen LogP contribution in [0.5, 0.6) is 0 Å². The van der Waals surface area contributed by atoms with Gasteiger partial charge in [-0.25, -0.2) is 4.39 Å². The van der Waals surface area contributed by atoms with E-state index in [2.05, 4.69) is 5.10 Å². The molecular formula is C10H6ClF4N3. The lowest BCUT2D eigenvalue weighted by molar-refractivity contribution is -0.140. The summed E-state index contributed by atoms with van der Waals surface area (Å²) in [5, 5.41) is 4.71. The van der Waals surface area contributed by atoms with Crippen molar-refractivity contribution in [3.05, 3.63) is 34.7 Å². The molecule has 1 heterocycles. The number of hydrogen-bond donors (Lipinski definition) is 2. The molecule has 0 spiro atoms. The van der Waals surface area contributed by atoms with E-state index in [0.717, 1.165) is 6.07 Å². The van der Waals surface area contributed by atoms with Crippen LogP contribution in [0, 0.1) is 5.82 Å². The molecule has 0 aliphatic carbocycles. The summed E-state index contributed by atoms with van der Waals surface area (Å²) in [4.78, 5) is 0. The highest BCUT2D eigenvalue weighted by Gasteiger charge is 2.38. The molecule has 0 aliphatic heterocycles. The van der Waals surface area contributed by atoms with Crippen LogP contribution in [-0.4, -0.2) is 10.2 Å². The van der Waals surface area contributed by atoms with E-state index in [1.54, 1.807) is 5.10 Å². The van der Waals surface area contributed by atoms with Gasteiger partial charge < -0.3 is 5.73 Å². The Bertz CT molecular complexity index is 591. The first-order valence-electron chi connectivity index (χ1n) is 4.67. The van der Waals surface area contributed by atoms with E-state index in [4.69, 9.17) is 17.3 Å². The Kier molecular flexibility index (Phi) is 2.94. The fourth-order valence-corrected chi connectivity index (χ4v) is 1.71. The molecule has 0 saturated carbocycles. The van der Waals surface area contributed by atoms with Gasteiger partial charge in [-0.2, -0.15) is 18.3 Å². The molecule has 2 aromatic rings. The second-order valence-corrected chi connectivity index (χ2v) is 3.87. The molecule has 1 aromatic carbocycles. The molecule has 3 N–H and O–H groups in total. The van der Waals surface area contributed by atoms with Crippen molar-refractivity contribution >= 4 is 17.4 Å². The van der Waals surface area contributed by atoms with Crippen LogP contribution >= 0.6 is 11.6 Å². The number of nitrogens with one attached hydrogen (secondary N) is 1. The third kappa shape index (κ3) is 2.01. The van der Waals surface area contributed by atoms with Crippen molar-refractivity contribution in [1.29, 1.82) is 0 Å². The number of nitrogens with zero attached hydrogens (tertiary/aromatic N) is 1. The number of aromatic amines is 1. The van der Waals surface area contributed by atoms with Crippen LogP contribution in [0.25, 0.3) is 11.1 Å². The van der Waals surface area contributed by atoms with E-state index >= 15 is 0 Å². The fourth-order valence-electron chi connectivity index (χ4n) is 1.53. The van der Waals surface area contributed by atoms with Gasteiger partial charge in [-0.3, -0.25) is 5.10 Å². The van der Waals surface area contributed by atoms with E-state index in [-0.39, 0.29) is 10.6 Å². The van der Waals surface area contributed by atoms with Gasteiger partial charge in [-0.1, -0.05) is 23.7 Å². The lowest BCUT2D eigenvalue weighted by Gasteiger charge is -2.09. The van der Waals surface area contributed by atoms with Crippen LogP contribution in [0.4, 0.5) is 23.4 Å². The first-order valence-corrected chi connectivity index (χ1v) is 5.05. The number of anilines is 1. The van der Waals surface area contributed by atoms with Crippen LogP contribution in [0.2, 0.25) is 5.02 Å². The molecule has 2 rings (SSSR count). The van der Waals surface area contributed by atoms with Gasteiger partial charge in [-0.05, 0) is 6.07 Å². The molecule has 0 atom stereocenters. The highest BCUT2D eigenvalue weighted by atomic mass is 35.5. The topological polar surface area (TPSA) is 54.7 Å². The Hall–Kier alpha value is -1.76. The first kappa shape index (κ1) is 12.7. The number of halogens is 5. The minimum Gasteiger partial charge on any atom is -0.382 e. The van der Waals surface area contributed by atoms with Crippen molar-refractivity contribution in [1.82, 2.24) is 10.2 Å². The van der Waals surface area contributed by atoms with Crippen molar-refractivity contribution in [2.45, 2.75) is 6.18 Å². The lowest BCUT2D eigenvalue weighted by atomic mass is 10.0. The Balaban J connectivity index is 2.72. The predicted octanol–water partition coefficient (Wildman–Crippen LogP) is 3.47. The number of aromatic nitrogens is 2. The highest BCUT2D eigenvalue weighted by molar-refractivity contribution is 6.31. The summed E-state index contributed by atoms with van der Waals surface area (Å²) >= 11 is 5.52. The summed E-state index contributed by atoms with van der Waals surface area (Å²) < 4.78 is 51.8. The quantitative estimate of drug-likeness (QED) is 0.785. The molecule has 0 fully saturated rings. The largest absolute Gasteiger partial charge is 0.433 e. The maximum atomic E-state index is 13.7. The highest BCUT2D eigenvalue weighted by Crippen LogP contribution is 2.40. The summed E-state index contributed by atoms with van der Waals surface area (Å²) in [6, 6.07) is 3.70. The first-order chi connectivity index (χ1) is 8.32. The zero-order chi connectivity index (χ0) is 13.5. The van der Waals surface area contributed by atoms with Gasteiger partial charge in [-0.15, -0.1) is 0 Å². The molecule has 0 bridgehead atoms. The average Bonchev–Trinajstić information content (AvgIpc) is 2.64. The summed E-state index contributed by atoms with van der Waals surface area (Å²) in [7, 11) is 0. The van der Waals surface area contributed by atoms with E-state index in [0.29, 0.717) is 0 Å². The predicted molar refractivity (Wildman–Crippen MR) is 58.4 cm³/mol. The Morgan fingerprint density at radius 3 is 2.56 bits per heavy atom. The van der Waals surface area contributed by atoms with Gasteiger partial charge in [0.2, 0.25) is 0 Å². The Morgan fingerprint density at radius 1 is 1.28 bits per heavy atom. The fraction of sp³-hybridized carbons (Fsp3) is 0.100. The second kappa shape index (κ2) is 4.16.